The van der Waals surface area contributed by atoms with E-state index in [0.717, 1.165) is 11.1 Å². The van der Waals surface area contributed by atoms with Crippen LogP contribution in [0.25, 0.3) is 0 Å². The third-order valence-electron chi connectivity index (χ3n) is 3.83. The van der Waals surface area contributed by atoms with Crippen LogP contribution < -0.4 is 5.32 Å². The molecule has 2 aromatic carbocycles. The molecule has 2 aromatic rings. The Labute approximate surface area is 158 Å². The topological polar surface area (TPSA) is 116 Å². The van der Waals surface area contributed by atoms with Crippen molar-refractivity contribution in [2.45, 2.75) is 18.7 Å². The number of rotatable bonds is 6. The lowest BCUT2D eigenvalue weighted by atomic mass is 10.1. The van der Waals surface area contributed by atoms with Crippen LogP contribution in [0.3, 0.4) is 0 Å². The lowest BCUT2D eigenvalue weighted by molar-refractivity contribution is -0.384. The Bertz CT molecular complexity index is 941. The van der Waals surface area contributed by atoms with Crippen LogP contribution in [0.4, 0.5) is 11.4 Å². The SMILES string of the molecule is Cc1cc(NC(=O)COC(=O)c2ccccc2[S@@](C)=O)c([N+](=O)[O-])cc1C. The molecule has 0 aliphatic heterocycles. The maximum Gasteiger partial charge on any atom is 0.339 e. The number of nitrogens with zero attached hydrogens (tertiary/aromatic N) is 1. The summed E-state index contributed by atoms with van der Waals surface area (Å²) in [6.45, 7) is 2.86. The highest BCUT2D eigenvalue weighted by molar-refractivity contribution is 7.84. The Balaban J connectivity index is 2.10. The van der Waals surface area contributed by atoms with Crippen molar-refractivity contribution in [1.82, 2.24) is 0 Å². The minimum absolute atomic E-state index is 0.0270. The van der Waals surface area contributed by atoms with Crippen molar-refractivity contribution < 1.29 is 23.5 Å². The molecule has 0 radical (unpaired) electrons. The Morgan fingerprint density at radius 2 is 1.81 bits per heavy atom. The molecule has 1 amide bonds. The van der Waals surface area contributed by atoms with E-state index in [1.54, 1.807) is 26.0 Å². The first kappa shape index (κ1) is 20.2. The fourth-order valence-electron chi connectivity index (χ4n) is 2.33. The van der Waals surface area contributed by atoms with Gasteiger partial charge >= 0.3 is 5.97 Å². The third kappa shape index (κ3) is 4.98. The summed E-state index contributed by atoms with van der Waals surface area (Å²) in [6, 6.07) is 9.06. The van der Waals surface area contributed by atoms with Gasteiger partial charge in [0.15, 0.2) is 6.61 Å². The molecule has 0 aliphatic rings. The van der Waals surface area contributed by atoms with Crippen LogP contribution in [0.15, 0.2) is 41.3 Å². The molecule has 0 heterocycles. The van der Waals surface area contributed by atoms with Gasteiger partial charge in [-0.1, -0.05) is 12.1 Å². The van der Waals surface area contributed by atoms with E-state index in [1.165, 1.54) is 30.5 Å². The molecule has 0 fully saturated rings. The van der Waals surface area contributed by atoms with Crippen molar-refractivity contribution in [2.75, 3.05) is 18.2 Å². The molecule has 8 nitrogen and oxygen atoms in total. The van der Waals surface area contributed by atoms with Gasteiger partial charge in [-0.2, -0.15) is 0 Å². The molecule has 0 unspecified atom stereocenters. The van der Waals surface area contributed by atoms with Crippen LogP contribution in [0, 0.1) is 24.0 Å². The molecular formula is C18H18N2O6S. The van der Waals surface area contributed by atoms with Crippen molar-refractivity contribution in [3.05, 3.63) is 63.2 Å². The second-order valence-electron chi connectivity index (χ2n) is 5.79. The predicted molar refractivity (Wildman–Crippen MR) is 100 cm³/mol. The Kier molecular flexibility index (Phi) is 6.40. The number of anilines is 1. The lowest BCUT2D eigenvalue weighted by Crippen LogP contribution is -2.22. The zero-order valence-corrected chi connectivity index (χ0v) is 15.8. The molecule has 27 heavy (non-hydrogen) atoms. The van der Waals surface area contributed by atoms with Gasteiger partial charge in [0.25, 0.3) is 11.6 Å². The van der Waals surface area contributed by atoms with E-state index >= 15 is 0 Å². The van der Waals surface area contributed by atoms with Gasteiger partial charge in [-0.15, -0.1) is 0 Å². The highest BCUT2D eigenvalue weighted by Gasteiger charge is 2.19. The largest absolute Gasteiger partial charge is 0.452 e. The van der Waals surface area contributed by atoms with Crippen LogP contribution in [0.2, 0.25) is 0 Å². The number of ether oxygens (including phenoxy) is 1. The highest BCUT2D eigenvalue weighted by atomic mass is 32.2. The van der Waals surface area contributed by atoms with Crippen molar-refractivity contribution in [3.63, 3.8) is 0 Å². The number of nitro groups is 1. The summed E-state index contributed by atoms with van der Waals surface area (Å²) in [7, 11) is -1.40. The first-order chi connectivity index (χ1) is 12.7. The van der Waals surface area contributed by atoms with Crippen LogP contribution >= 0.6 is 0 Å². The fraction of sp³-hybridized carbons (Fsp3) is 0.222. The van der Waals surface area contributed by atoms with E-state index < -0.39 is 34.2 Å². The lowest BCUT2D eigenvalue weighted by Gasteiger charge is -2.10. The number of hydrogen-bond acceptors (Lipinski definition) is 6. The van der Waals surface area contributed by atoms with E-state index in [1.807, 2.05) is 0 Å². The van der Waals surface area contributed by atoms with Crippen LogP contribution in [-0.2, 0) is 20.3 Å². The molecular weight excluding hydrogens is 372 g/mol. The summed E-state index contributed by atoms with van der Waals surface area (Å²) in [5.74, 6) is -1.52. The average Bonchev–Trinajstić information content (AvgIpc) is 2.62. The van der Waals surface area contributed by atoms with Gasteiger partial charge in [-0.3, -0.25) is 19.1 Å². The minimum Gasteiger partial charge on any atom is -0.452 e. The number of carbonyl (C=O) groups excluding carboxylic acids is 2. The molecule has 0 saturated carbocycles. The van der Waals surface area contributed by atoms with Gasteiger partial charge in [0.1, 0.15) is 5.69 Å². The van der Waals surface area contributed by atoms with Crippen molar-refractivity contribution in [3.8, 4) is 0 Å². The summed E-state index contributed by atoms with van der Waals surface area (Å²) in [5, 5.41) is 13.5. The number of amides is 1. The molecule has 1 N–H and O–H groups in total. The monoisotopic (exact) mass is 390 g/mol. The van der Waals surface area contributed by atoms with Crippen LogP contribution in [0.1, 0.15) is 21.5 Å². The summed E-state index contributed by atoms with van der Waals surface area (Å²) in [6.07, 6.45) is 1.43. The Hall–Kier alpha value is -3.07. The number of nitro benzene ring substituents is 1. The molecule has 0 spiro atoms. The van der Waals surface area contributed by atoms with Gasteiger partial charge < -0.3 is 10.1 Å². The standard InChI is InChI=1S/C18H18N2O6S/c1-11-8-14(15(20(23)24)9-12(11)2)19-17(21)10-26-18(22)13-6-4-5-7-16(13)27(3)25/h4-9H,10H2,1-3H3,(H,19,21)/t27-/m1/s1. The Morgan fingerprint density at radius 3 is 2.44 bits per heavy atom. The molecule has 142 valence electrons. The van der Waals surface area contributed by atoms with E-state index in [9.17, 15) is 23.9 Å². The Morgan fingerprint density at radius 1 is 1.19 bits per heavy atom. The molecule has 1 atom stereocenters. The quantitative estimate of drug-likeness (QED) is 0.461. The maximum absolute atomic E-state index is 12.2. The van der Waals surface area contributed by atoms with Gasteiger partial charge in [0.2, 0.25) is 0 Å². The summed E-state index contributed by atoms with van der Waals surface area (Å²) in [4.78, 5) is 35.1. The zero-order valence-electron chi connectivity index (χ0n) is 15.0. The van der Waals surface area contributed by atoms with E-state index in [0.29, 0.717) is 4.90 Å². The van der Waals surface area contributed by atoms with Crippen molar-refractivity contribution in [2.24, 2.45) is 0 Å². The molecule has 0 bridgehead atoms. The summed E-state index contributed by atoms with van der Waals surface area (Å²) >= 11 is 0. The third-order valence-corrected chi connectivity index (χ3v) is 4.81. The zero-order chi connectivity index (χ0) is 20.1. The molecule has 0 aromatic heterocycles. The fourth-order valence-corrected chi connectivity index (χ4v) is 3.06. The molecule has 0 aliphatic carbocycles. The van der Waals surface area contributed by atoms with Crippen molar-refractivity contribution in [1.29, 1.82) is 0 Å². The number of nitrogens with one attached hydrogen (secondary N) is 1. The van der Waals surface area contributed by atoms with Gasteiger partial charge in [-0.25, -0.2) is 4.79 Å². The average molecular weight is 390 g/mol. The second kappa shape index (κ2) is 8.54. The second-order valence-corrected chi connectivity index (χ2v) is 7.13. The first-order valence-electron chi connectivity index (χ1n) is 7.85. The van der Waals surface area contributed by atoms with Crippen LogP contribution in [-0.4, -0.2) is 33.9 Å². The predicted octanol–water partition coefficient (Wildman–Crippen LogP) is 2.74. The summed E-state index contributed by atoms with van der Waals surface area (Å²) < 4.78 is 16.6. The smallest absolute Gasteiger partial charge is 0.339 e. The normalized spacial score (nSPS) is 11.5. The van der Waals surface area contributed by atoms with E-state index in [-0.39, 0.29) is 16.9 Å². The number of carbonyl (C=O) groups is 2. The van der Waals surface area contributed by atoms with E-state index in [2.05, 4.69) is 5.32 Å². The van der Waals surface area contributed by atoms with E-state index in [4.69, 9.17) is 4.74 Å². The number of aryl methyl sites for hydroxylation is 2. The van der Waals surface area contributed by atoms with Gasteiger partial charge in [0, 0.05) is 12.3 Å². The molecule has 0 saturated heterocycles. The number of hydrogen-bond donors (Lipinski definition) is 1. The van der Waals surface area contributed by atoms with Crippen LogP contribution in [0.5, 0.6) is 0 Å². The highest BCUT2D eigenvalue weighted by Crippen LogP contribution is 2.27. The first-order valence-corrected chi connectivity index (χ1v) is 9.41. The summed E-state index contributed by atoms with van der Waals surface area (Å²) in [5.41, 5.74) is 1.37. The molecule has 9 heteroatoms. The van der Waals surface area contributed by atoms with Gasteiger partial charge in [0.05, 0.1) is 26.2 Å². The van der Waals surface area contributed by atoms with Gasteiger partial charge in [-0.05, 0) is 43.2 Å². The number of esters is 1. The number of benzene rings is 2. The maximum atomic E-state index is 12.2. The van der Waals surface area contributed by atoms with Crippen molar-refractivity contribution >= 4 is 34.1 Å². The minimum atomic E-state index is -1.40. The molecule has 2 rings (SSSR count).